The van der Waals surface area contributed by atoms with E-state index in [1.807, 2.05) is 31.6 Å². The molecule has 2 aliphatic heterocycles. The number of rotatable bonds is 1. The fourth-order valence-electron chi connectivity index (χ4n) is 4.05. The Morgan fingerprint density at radius 3 is 2.79 bits per heavy atom. The van der Waals surface area contributed by atoms with E-state index in [-0.39, 0.29) is 6.17 Å². The molecule has 24 heavy (non-hydrogen) atoms. The molecule has 4 nitrogen and oxygen atoms in total. The lowest BCUT2D eigenvalue weighted by Crippen LogP contribution is -2.34. The maximum atomic E-state index is 7.80. The maximum absolute atomic E-state index is 7.80. The molecule has 0 N–H and O–H groups in total. The molecule has 0 fully saturated rings. The summed E-state index contributed by atoms with van der Waals surface area (Å²) in [5, 5.41) is 2.38. The molecule has 0 radical (unpaired) electrons. The van der Waals surface area contributed by atoms with Crippen LogP contribution in [0.15, 0.2) is 49.1 Å². The molecule has 1 aromatic heterocycles. The van der Waals surface area contributed by atoms with Gasteiger partial charge in [-0.3, -0.25) is 0 Å². The number of nitrogens with zero attached hydrogens (tertiary/aromatic N) is 4. The van der Waals surface area contributed by atoms with Crippen molar-refractivity contribution in [2.75, 3.05) is 11.9 Å². The number of hydrogen-bond donors (Lipinski definition) is 0. The number of benzene rings is 2. The lowest BCUT2D eigenvalue weighted by Gasteiger charge is -2.31. The first kappa shape index (κ1) is 10.9. The van der Waals surface area contributed by atoms with Crippen molar-refractivity contribution in [1.82, 2.24) is 14.5 Å². The van der Waals surface area contributed by atoms with Crippen molar-refractivity contribution in [3.05, 3.63) is 66.0 Å². The zero-order valence-corrected chi connectivity index (χ0v) is 13.7. The lowest BCUT2D eigenvalue weighted by molar-refractivity contribution is 0.382. The van der Waals surface area contributed by atoms with E-state index in [0.717, 1.165) is 23.6 Å². The molecule has 1 atom stereocenters. The van der Waals surface area contributed by atoms with Crippen LogP contribution in [0.5, 0.6) is 0 Å². The molecular formula is C20H20N4. The Balaban J connectivity index is 1.77. The van der Waals surface area contributed by atoms with Crippen molar-refractivity contribution in [2.24, 2.45) is 0 Å². The van der Waals surface area contributed by atoms with Crippen LogP contribution in [-0.4, -0.2) is 27.6 Å². The Morgan fingerprint density at radius 2 is 2.00 bits per heavy atom. The molecule has 120 valence electrons. The van der Waals surface area contributed by atoms with E-state index in [4.69, 9.17) is 4.11 Å². The normalized spacial score (nSPS) is 20.9. The third-order valence-corrected chi connectivity index (χ3v) is 5.26. The van der Waals surface area contributed by atoms with Gasteiger partial charge >= 0.3 is 0 Å². The van der Waals surface area contributed by atoms with Crippen molar-refractivity contribution in [2.45, 2.75) is 26.4 Å². The first-order valence-corrected chi connectivity index (χ1v) is 8.20. The van der Waals surface area contributed by atoms with Gasteiger partial charge in [0, 0.05) is 53.3 Å². The number of imidazole rings is 1. The molecule has 2 aromatic carbocycles. The average molecular weight is 319 g/mol. The van der Waals surface area contributed by atoms with E-state index in [1.165, 1.54) is 26.8 Å². The summed E-state index contributed by atoms with van der Waals surface area (Å²) in [5.74, 6) is 1.02. The van der Waals surface area contributed by atoms with Gasteiger partial charge in [0.05, 0.1) is 11.4 Å². The minimum atomic E-state index is -2.16. The maximum Gasteiger partial charge on any atom is 0.117 e. The predicted molar refractivity (Wildman–Crippen MR) is 97.5 cm³/mol. The fourth-order valence-corrected chi connectivity index (χ4v) is 4.05. The van der Waals surface area contributed by atoms with E-state index < -0.39 is 6.98 Å². The van der Waals surface area contributed by atoms with Crippen LogP contribution in [0, 0.1) is 6.92 Å². The van der Waals surface area contributed by atoms with Crippen LogP contribution in [-0.2, 0) is 6.42 Å². The topological polar surface area (TPSA) is 24.3 Å². The molecule has 0 amide bonds. The Kier molecular flexibility index (Phi) is 2.11. The van der Waals surface area contributed by atoms with Crippen molar-refractivity contribution in [3.8, 4) is 5.69 Å². The molecular weight excluding hydrogens is 296 g/mol. The minimum Gasteiger partial charge on any atom is -0.359 e. The highest BCUT2D eigenvalue weighted by Gasteiger charge is 2.31. The molecule has 3 heterocycles. The van der Waals surface area contributed by atoms with Gasteiger partial charge in [-0.05, 0) is 24.8 Å². The molecule has 5 rings (SSSR count). The van der Waals surface area contributed by atoms with Crippen LogP contribution in [0.4, 0.5) is 5.69 Å². The average Bonchev–Trinajstić information content (AvgIpc) is 3.29. The van der Waals surface area contributed by atoms with Crippen LogP contribution in [0.2, 0.25) is 0 Å². The number of hydrogen-bond acceptors (Lipinski definition) is 3. The fraction of sp³-hybridized carbons (Fsp3) is 0.250. The minimum absolute atomic E-state index is 0.283. The number of fused-ring (bicyclic) bond motifs is 5. The van der Waals surface area contributed by atoms with Gasteiger partial charge in [-0.25, -0.2) is 4.98 Å². The van der Waals surface area contributed by atoms with Crippen LogP contribution in [0.1, 0.15) is 28.0 Å². The third kappa shape index (κ3) is 1.60. The summed E-state index contributed by atoms with van der Waals surface area (Å²) in [6.45, 7) is 1.89. The number of aromatic nitrogens is 2. The second-order valence-corrected chi connectivity index (χ2v) is 6.48. The largest absolute Gasteiger partial charge is 0.359 e. The summed E-state index contributed by atoms with van der Waals surface area (Å²) in [6, 6.07) is 8.39. The van der Waals surface area contributed by atoms with Crippen molar-refractivity contribution >= 4 is 16.5 Å². The molecule has 3 aromatic rings. The quantitative estimate of drug-likeness (QED) is 0.533. The van der Waals surface area contributed by atoms with Gasteiger partial charge in [-0.2, -0.15) is 0 Å². The zero-order chi connectivity index (χ0) is 18.9. The van der Waals surface area contributed by atoms with Gasteiger partial charge in [0.15, 0.2) is 0 Å². The van der Waals surface area contributed by atoms with E-state index >= 15 is 0 Å². The Labute approximate surface area is 145 Å². The molecule has 4 heteroatoms. The molecule has 0 spiro atoms. The van der Waals surface area contributed by atoms with Crippen molar-refractivity contribution in [3.63, 3.8) is 0 Å². The second-order valence-electron chi connectivity index (χ2n) is 6.48. The molecule has 0 aliphatic carbocycles. The van der Waals surface area contributed by atoms with Crippen LogP contribution < -0.4 is 4.90 Å². The van der Waals surface area contributed by atoms with Gasteiger partial charge in [-0.1, -0.05) is 24.3 Å². The van der Waals surface area contributed by atoms with Gasteiger partial charge in [-0.15, -0.1) is 0 Å². The predicted octanol–water partition coefficient (Wildman–Crippen LogP) is 3.81. The summed E-state index contributed by atoms with van der Waals surface area (Å²) in [5.41, 5.74) is 4.62. The lowest BCUT2D eigenvalue weighted by atomic mass is 9.95. The van der Waals surface area contributed by atoms with Gasteiger partial charge in [0.2, 0.25) is 0 Å². The third-order valence-electron chi connectivity index (χ3n) is 5.26. The number of aryl methyl sites for hydroxylation is 1. The highest BCUT2D eigenvalue weighted by atomic mass is 15.4. The molecule has 0 saturated carbocycles. The summed E-state index contributed by atoms with van der Waals surface area (Å²) in [6.07, 6.45) is 7.86. The SMILES string of the molecule is [2H]C([2H])([2H])N1C=CN(c2c3c(c4ccccc4c2C)-n2ccnc2C3)[C@H]1C. The monoisotopic (exact) mass is 319 g/mol. The Bertz CT molecular complexity index is 1100. The van der Waals surface area contributed by atoms with Crippen molar-refractivity contribution < 1.29 is 4.11 Å². The molecule has 0 unspecified atom stereocenters. The zero-order valence-electron chi connectivity index (χ0n) is 16.7. The summed E-state index contributed by atoms with van der Waals surface area (Å²) >= 11 is 0. The summed E-state index contributed by atoms with van der Waals surface area (Å²) < 4.78 is 25.6. The Hall–Kier alpha value is -2.75. The first-order chi connectivity index (χ1) is 12.9. The molecule has 0 saturated heterocycles. The van der Waals surface area contributed by atoms with Crippen molar-refractivity contribution in [1.29, 1.82) is 0 Å². The number of anilines is 1. The second kappa shape index (κ2) is 4.63. The van der Waals surface area contributed by atoms with E-state index in [1.54, 1.807) is 6.20 Å². The van der Waals surface area contributed by atoms with Crippen LogP contribution in [0.3, 0.4) is 0 Å². The van der Waals surface area contributed by atoms with Gasteiger partial charge < -0.3 is 14.4 Å². The van der Waals surface area contributed by atoms with E-state index in [9.17, 15) is 0 Å². The van der Waals surface area contributed by atoms with Gasteiger partial charge in [0.25, 0.3) is 0 Å². The smallest absolute Gasteiger partial charge is 0.117 e. The van der Waals surface area contributed by atoms with Crippen LogP contribution in [0.25, 0.3) is 16.5 Å². The Morgan fingerprint density at radius 1 is 1.17 bits per heavy atom. The summed E-state index contributed by atoms with van der Waals surface area (Å²) in [7, 11) is 0. The summed E-state index contributed by atoms with van der Waals surface area (Å²) in [4.78, 5) is 8.03. The van der Waals surface area contributed by atoms with E-state index in [2.05, 4.69) is 39.6 Å². The van der Waals surface area contributed by atoms with Gasteiger partial charge in [0.1, 0.15) is 12.0 Å². The highest BCUT2D eigenvalue weighted by Crippen LogP contribution is 2.44. The standard InChI is InChI=1S/C20H20N4/c1-13-15-6-4-5-7-16(15)20-17(12-18-21-8-9-24(18)20)19(13)23-11-10-22(3)14(23)2/h4-11,14H,12H2,1-3H3/t14-/m0/s1/i3D3. The van der Waals surface area contributed by atoms with E-state index in [0.29, 0.717) is 0 Å². The molecule has 2 aliphatic rings. The van der Waals surface area contributed by atoms with Crippen LogP contribution >= 0.6 is 0 Å². The highest BCUT2D eigenvalue weighted by molar-refractivity contribution is 6.00. The molecule has 0 bridgehead atoms. The first-order valence-electron chi connectivity index (χ1n) is 9.70.